The molecule has 0 atom stereocenters. The second-order valence-corrected chi connectivity index (χ2v) is 4.48. The maximum Gasteiger partial charge on any atom is 0.270 e. The first-order chi connectivity index (χ1) is 10.3. The highest BCUT2D eigenvalue weighted by molar-refractivity contribution is 5.92. The van der Waals surface area contributed by atoms with Crippen LogP contribution in [0.5, 0.6) is 0 Å². The minimum atomic E-state index is -0.191. The third-order valence-corrected chi connectivity index (χ3v) is 3.08. The number of benzene rings is 1. The first kappa shape index (κ1) is 14.8. The number of hydrogen-bond acceptors (Lipinski definition) is 3. The molecule has 0 saturated heterocycles. The Bertz CT molecular complexity index is 593. The van der Waals surface area contributed by atoms with Crippen molar-refractivity contribution in [3.63, 3.8) is 0 Å². The number of pyridine rings is 1. The Morgan fingerprint density at radius 1 is 1.24 bits per heavy atom. The molecule has 0 aliphatic carbocycles. The Morgan fingerprint density at radius 3 is 2.57 bits per heavy atom. The maximum atomic E-state index is 11.8. The molecule has 0 aliphatic rings. The first-order valence-corrected chi connectivity index (χ1v) is 6.94. The third-order valence-electron chi connectivity index (χ3n) is 3.08. The number of para-hydroxylation sites is 1. The monoisotopic (exact) mass is 281 g/mol. The molecule has 0 aliphatic heterocycles. The summed E-state index contributed by atoms with van der Waals surface area (Å²) in [5, 5.41) is 2.71. The van der Waals surface area contributed by atoms with Crippen molar-refractivity contribution < 1.29 is 4.79 Å². The highest BCUT2D eigenvalue weighted by Gasteiger charge is 2.10. The van der Waals surface area contributed by atoms with E-state index in [-0.39, 0.29) is 5.91 Å². The summed E-state index contributed by atoms with van der Waals surface area (Å²) in [6, 6.07) is 13.7. The molecule has 1 heterocycles. The number of nitrogens with zero attached hydrogens (tertiary/aromatic N) is 2. The summed E-state index contributed by atoms with van der Waals surface area (Å²) in [6.45, 7) is 6.91. The molecule has 1 amide bonds. The van der Waals surface area contributed by atoms with Crippen molar-refractivity contribution in [1.29, 1.82) is 0 Å². The van der Waals surface area contributed by atoms with Gasteiger partial charge in [-0.1, -0.05) is 24.3 Å². The fourth-order valence-electron chi connectivity index (χ4n) is 2.06. The molecule has 4 nitrogen and oxygen atoms in total. The van der Waals surface area contributed by atoms with Crippen LogP contribution in [-0.2, 0) is 0 Å². The smallest absolute Gasteiger partial charge is 0.270 e. The molecular formula is C17H19N3O. The summed E-state index contributed by atoms with van der Waals surface area (Å²) in [5.41, 5.74) is 2.47. The van der Waals surface area contributed by atoms with Crippen LogP contribution in [0.2, 0.25) is 0 Å². The molecule has 2 rings (SSSR count). The van der Waals surface area contributed by atoms with Crippen LogP contribution in [0.15, 0.2) is 61.3 Å². The average Bonchev–Trinajstić information content (AvgIpc) is 2.55. The van der Waals surface area contributed by atoms with E-state index in [1.807, 2.05) is 36.4 Å². The Balaban J connectivity index is 2.17. The van der Waals surface area contributed by atoms with Gasteiger partial charge in [0.2, 0.25) is 0 Å². The van der Waals surface area contributed by atoms with Crippen LogP contribution in [0.25, 0.3) is 0 Å². The van der Waals surface area contributed by atoms with E-state index in [2.05, 4.69) is 28.7 Å². The van der Waals surface area contributed by atoms with Gasteiger partial charge in [-0.25, -0.2) is 4.98 Å². The van der Waals surface area contributed by atoms with Crippen LogP contribution >= 0.6 is 0 Å². The van der Waals surface area contributed by atoms with Gasteiger partial charge in [0.1, 0.15) is 5.69 Å². The van der Waals surface area contributed by atoms with Gasteiger partial charge in [0.05, 0.1) is 11.9 Å². The molecular weight excluding hydrogens is 262 g/mol. The van der Waals surface area contributed by atoms with E-state index >= 15 is 0 Å². The SMILES string of the molecule is C=CCNC(=O)c1ccc(N(CC)c2ccccc2)cn1. The Kier molecular flexibility index (Phi) is 5.10. The van der Waals surface area contributed by atoms with E-state index in [0.717, 1.165) is 17.9 Å². The fraction of sp³-hybridized carbons (Fsp3) is 0.176. The lowest BCUT2D eigenvalue weighted by Gasteiger charge is -2.22. The summed E-state index contributed by atoms with van der Waals surface area (Å²) in [4.78, 5) is 18.2. The second-order valence-electron chi connectivity index (χ2n) is 4.48. The van der Waals surface area contributed by atoms with Crippen molar-refractivity contribution in [3.8, 4) is 0 Å². The lowest BCUT2D eigenvalue weighted by atomic mass is 10.2. The van der Waals surface area contributed by atoms with Gasteiger partial charge in [0.25, 0.3) is 5.91 Å². The Labute approximate surface area is 125 Å². The Morgan fingerprint density at radius 2 is 2.00 bits per heavy atom. The van der Waals surface area contributed by atoms with Crippen molar-refractivity contribution in [2.45, 2.75) is 6.92 Å². The number of amides is 1. The van der Waals surface area contributed by atoms with Crippen LogP contribution in [0, 0.1) is 0 Å². The van der Waals surface area contributed by atoms with Crippen molar-refractivity contribution in [3.05, 3.63) is 67.0 Å². The van der Waals surface area contributed by atoms with Crippen molar-refractivity contribution in [2.24, 2.45) is 0 Å². The number of aromatic nitrogens is 1. The number of anilines is 2. The van der Waals surface area contributed by atoms with Crippen LogP contribution in [0.4, 0.5) is 11.4 Å². The maximum absolute atomic E-state index is 11.8. The van der Waals surface area contributed by atoms with E-state index in [1.54, 1.807) is 18.3 Å². The van der Waals surface area contributed by atoms with E-state index in [9.17, 15) is 4.79 Å². The zero-order chi connectivity index (χ0) is 15.1. The van der Waals surface area contributed by atoms with E-state index < -0.39 is 0 Å². The fourth-order valence-corrected chi connectivity index (χ4v) is 2.06. The zero-order valence-corrected chi connectivity index (χ0v) is 12.1. The molecule has 0 spiro atoms. The lowest BCUT2D eigenvalue weighted by Crippen LogP contribution is -2.24. The minimum absolute atomic E-state index is 0.191. The number of hydrogen-bond donors (Lipinski definition) is 1. The summed E-state index contributed by atoms with van der Waals surface area (Å²) >= 11 is 0. The minimum Gasteiger partial charge on any atom is -0.347 e. The number of rotatable bonds is 6. The quantitative estimate of drug-likeness (QED) is 0.827. The van der Waals surface area contributed by atoms with Gasteiger partial charge < -0.3 is 10.2 Å². The van der Waals surface area contributed by atoms with Gasteiger partial charge in [-0.2, -0.15) is 0 Å². The molecule has 1 N–H and O–H groups in total. The number of carbonyl (C=O) groups is 1. The molecule has 0 unspecified atom stereocenters. The van der Waals surface area contributed by atoms with Crippen LogP contribution in [-0.4, -0.2) is 24.0 Å². The summed E-state index contributed by atoms with van der Waals surface area (Å²) < 4.78 is 0. The van der Waals surface area contributed by atoms with E-state index in [0.29, 0.717) is 12.2 Å². The molecule has 21 heavy (non-hydrogen) atoms. The van der Waals surface area contributed by atoms with Gasteiger partial charge in [-0.3, -0.25) is 4.79 Å². The molecule has 0 saturated carbocycles. The largest absolute Gasteiger partial charge is 0.347 e. The normalized spacial score (nSPS) is 9.95. The summed E-state index contributed by atoms with van der Waals surface area (Å²) in [6.07, 6.45) is 3.36. The lowest BCUT2D eigenvalue weighted by molar-refractivity contribution is 0.0953. The predicted molar refractivity (Wildman–Crippen MR) is 85.9 cm³/mol. The predicted octanol–water partition coefficient (Wildman–Crippen LogP) is 3.16. The number of carbonyl (C=O) groups excluding carboxylic acids is 1. The zero-order valence-electron chi connectivity index (χ0n) is 12.1. The molecule has 1 aromatic heterocycles. The summed E-state index contributed by atoms with van der Waals surface area (Å²) in [5.74, 6) is -0.191. The molecule has 0 fully saturated rings. The topological polar surface area (TPSA) is 45.2 Å². The molecule has 4 heteroatoms. The van der Waals surface area contributed by atoms with Gasteiger partial charge >= 0.3 is 0 Å². The Hall–Kier alpha value is -2.62. The number of nitrogens with one attached hydrogen (secondary N) is 1. The van der Waals surface area contributed by atoms with Crippen LogP contribution in [0.3, 0.4) is 0 Å². The average molecular weight is 281 g/mol. The van der Waals surface area contributed by atoms with Gasteiger partial charge in [0.15, 0.2) is 0 Å². The standard InChI is InChI=1S/C17H19N3O/c1-3-12-18-17(21)16-11-10-15(13-19-16)20(4-2)14-8-6-5-7-9-14/h3,5-11,13H,1,4,12H2,2H3,(H,18,21). The molecule has 1 aromatic carbocycles. The highest BCUT2D eigenvalue weighted by Crippen LogP contribution is 2.23. The van der Waals surface area contributed by atoms with Gasteiger partial charge in [-0.05, 0) is 31.2 Å². The first-order valence-electron chi connectivity index (χ1n) is 6.94. The van der Waals surface area contributed by atoms with E-state index in [4.69, 9.17) is 0 Å². The van der Waals surface area contributed by atoms with Crippen molar-refractivity contribution in [2.75, 3.05) is 18.0 Å². The van der Waals surface area contributed by atoms with Crippen molar-refractivity contribution >= 4 is 17.3 Å². The molecule has 2 aromatic rings. The van der Waals surface area contributed by atoms with E-state index in [1.165, 1.54) is 0 Å². The van der Waals surface area contributed by atoms with Crippen LogP contribution < -0.4 is 10.2 Å². The second kappa shape index (κ2) is 7.24. The van der Waals surface area contributed by atoms with Gasteiger partial charge in [0, 0.05) is 18.8 Å². The molecule has 108 valence electrons. The van der Waals surface area contributed by atoms with Crippen molar-refractivity contribution in [1.82, 2.24) is 10.3 Å². The molecule has 0 radical (unpaired) electrons. The third kappa shape index (κ3) is 3.69. The van der Waals surface area contributed by atoms with Gasteiger partial charge in [-0.15, -0.1) is 6.58 Å². The summed E-state index contributed by atoms with van der Waals surface area (Å²) in [7, 11) is 0. The molecule has 0 bridgehead atoms. The highest BCUT2D eigenvalue weighted by atomic mass is 16.1. The van der Waals surface area contributed by atoms with Crippen LogP contribution in [0.1, 0.15) is 17.4 Å².